The van der Waals surface area contributed by atoms with Gasteiger partial charge in [-0.3, -0.25) is 9.69 Å². The minimum Gasteiger partial charge on any atom is -0.467 e. The Balaban J connectivity index is 0.00000169. The van der Waals surface area contributed by atoms with Crippen molar-refractivity contribution >= 4 is 30.7 Å². The highest BCUT2D eigenvalue weighted by atomic mass is 35.5. The lowest BCUT2D eigenvalue weighted by molar-refractivity contribution is 0.0162. The Labute approximate surface area is 165 Å². The molecule has 0 spiro atoms. The van der Waals surface area contributed by atoms with Crippen molar-refractivity contribution in [2.24, 2.45) is 5.73 Å². The first kappa shape index (κ1) is 22.5. The van der Waals surface area contributed by atoms with E-state index in [0.717, 1.165) is 26.3 Å². The first-order valence-corrected chi connectivity index (χ1v) is 8.20. The topological polar surface area (TPSA) is 80.7 Å². The molecular weight excluding hydrogens is 377 g/mol. The molecule has 144 valence electrons. The third-order valence-corrected chi connectivity index (χ3v) is 4.24. The summed E-state index contributed by atoms with van der Waals surface area (Å²) in [4.78, 5) is 14.7. The van der Waals surface area contributed by atoms with E-state index in [0.29, 0.717) is 17.9 Å². The SMILES string of the molecule is Cl.Cl.NCc1cc(C(=O)NCC(c2ccccc2)N2CCOCC2)co1. The van der Waals surface area contributed by atoms with Gasteiger partial charge in [0.25, 0.3) is 5.91 Å². The molecule has 1 fully saturated rings. The zero-order valence-corrected chi connectivity index (χ0v) is 16.1. The molecule has 1 aliphatic heterocycles. The zero-order valence-electron chi connectivity index (χ0n) is 14.4. The number of hydrogen-bond donors (Lipinski definition) is 2. The van der Waals surface area contributed by atoms with Gasteiger partial charge in [0.1, 0.15) is 12.0 Å². The van der Waals surface area contributed by atoms with Crippen LogP contribution in [0.25, 0.3) is 0 Å². The van der Waals surface area contributed by atoms with Crippen LogP contribution in [0.4, 0.5) is 0 Å². The number of furan rings is 1. The number of nitrogens with two attached hydrogens (primary N) is 1. The highest BCUT2D eigenvalue weighted by Gasteiger charge is 2.23. The molecule has 2 aromatic rings. The number of rotatable bonds is 6. The van der Waals surface area contributed by atoms with Gasteiger partial charge >= 0.3 is 0 Å². The maximum atomic E-state index is 12.3. The van der Waals surface area contributed by atoms with Crippen molar-refractivity contribution in [1.82, 2.24) is 10.2 Å². The molecule has 1 saturated heterocycles. The van der Waals surface area contributed by atoms with Crippen LogP contribution in [0.2, 0.25) is 0 Å². The Morgan fingerprint density at radius 3 is 2.50 bits per heavy atom. The van der Waals surface area contributed by atoms with Gasteiger partial charge in [0.2, 0.25) is 0 Å². The molecular formula is C18H25Cl2N3O3. The largest absolute Gasteiger partial charge is 0.467 e. The molecule has 3 N–H and O–H groups in total. The lowest BCUT2D eigenvalue weighted by atomic mass is 10.0. The van der Waals surface area contributed by atoms with Crippen molar-refractivity contribution < 1.29 is 13.9 Å². The summed E-state index contributed by atoms with van der Waals surface area (Å²) in [6.07, 6.45) is 1.45. The number of morpholine rings is 1. The number of benzene rings is 1. The van der Waals surface area contributed by atoms with E-state index in [1.807, 2.05) is 18.2 Å². The molecule has 1 aromatic heterocycles. The van der Waals surface area contributed by atoms with Crippen LogP contribution in [0.15, 0.2) is 47.1 Å². The maximum absolute atomic E-state index is 12.3. The molecule has 1 aromatic carbocycles. The van der Waals surface area contributed by atoms with E-state index in [-0.39, 0.29) is 43.3 Å². The summed E-state index contributed by atoms with van der Waals surface area (Å²) in [7, 11) is 0. The first-order chi connectivity index (χ1) is 11.8. The fourth-order valence-electron chi connectivity index (χ4n) is 2.92. The number of nitrogens with one attached hydrogen (secondary N) is 1. The third kappa shape index (κ3) is 5.72. The fourth-order valence-corrected chi connectivity index (χ4v) is 2.92. The molecule has 3 rings (SSSR count). The van der Waals surface area contributed by atoms with E-state index in [4.69, 9.17) is 14.9 Å². The summed E-state index contributed by atoms with van der Waals surface area (Å²) >= 11 is 0. The Kier molecular flexibility index (Phi) is 9.69. The first-order valence-electron chi connectivity index (χ1n) is 8.20. The van der Waals surface area contributed by atoms with Crippen LogP contribution in [-0.2, 0) is 11.3 Å². The lowest BCUT2D eigenvalue weighted by Gasteiger charge is -2.34. The van der Waals surface area contributed by atoms with Gasteiger partial charge in [-0.15, -0.1) is 24.8 Å². The van der Waals surface area contributed by atoms with Gasteiger partial charge in [-0.25, -0.2) is 0 Å². The van der Waals surface area contributed by atoms with Crippen molar-refractivity contribution in [3.05, 3.63) is 59.5 Å². The van der Waals surface area contributed by atoms with Gasteiger partial charge in [0, 0.05) is 19.6 Å². The highest BCUT2D eigenvalue weighted by Crippen LogP contribution is 2.21. The van der Waals surface area contributed by atoms with Crippen LogP contribution in [0.1, 0.15) is 27.7 Å². The van der Waals surface area contributed by atoms with Gasteiger partial charge in [0.05, 0.1) is 31.4 Å². The average Bonchev–Trinajstić information content (AvgIpc) is 3.13. The summed E-state index contributed by atoms with van der Waals surface area (Å²) in [5.41, 5.74) is 7.21. The number of amides is 1. The monoisotopic (exact) mass is 401 g/mol. The molecule has 8 heteroatoms. The molecule has 1 aliphatic rings. The normalized spacial score (nSPS) is 15.4. The molecule has 26 heavy (non-hydrogen) atoms. The summed E-state index contributed by atoms with van der Waals surface area (Å²) in [6.45, 7) is 3.98. The van der Waals surface area contributed by atoms with E-state index < -0.39 is 0 Å². The van der Waals surface area contributed by atoms with Crippen molar-refractivity contribution in [1.29, 1.82) is 0 Å². The molecule has 1 atom stereocenters. The lowest BCUT2D eigenvalue weighted by Crippen LogP contribution is -2.43. The number of halogens is 2. The Morgan fingerprint density at radius 2 is 1.88 bits per heavy atom. The molecule has 1 amide bonds. The molecule has 0 bridgehead atoms. The van der Waals surface area contributed by atoms with E-state index in [1.54, 1.807) is 6.07 Å². The van der Waals surface area contributed by atoms with Crippen molar-refractivity contribution in [2.45, 2.75) is 12.6 Å². The summed E-state index contributed by atoms with van der Waals surface area (Å²) in [6, 6.07) is 12.0. The quantitative estimate of drug-likeness (QED) is 0.776. The summed E-state index contributed by atoms with van der Waals surface area (Å²) in [5, 5.41) is 3.01. The Morgan fingerprint density at radius 1 is 1.19 bits per heavy atom. The molecule has 6 nitrogen and oxygen atoms in total. The minimum atomic E-state index is -0.146. The van der Waals surface area contributed by atoms with Gasteiger partial charge in [-0.2, -0.15) is 0 Å². The second-order valence-electron chi connectivity index (χ2n) is 5.79. The zero-order chi connectivity index (χ0) is 16.8. The number of ether oxygens (including phenoxy) is 1. The van der Waals surface area contributed by atoms with Gasteiger partial charge in [-0.05, 0) is 11.6 Å². The third-order valence-electron chi connectivity index (χ3n) is 4.24. The molecule has 0 radical (unpaired) electrons. The predicted octanol–water partition coefficient (Wildman–Crippen LogP) is 2.39. The molecule has 2 heterocycles. The highest BCUT2D eigenvalue weighted by molar-refractivity contribution is 5.94. The standard InChI is InChI=1S/C18H23N3O3.2ClH/c19-11-16-10-15(13-24-16)18(22)20-12-17(14-4-2-1-3-5-14)21-6-8-23-9-7-21;;/h1-5,10,13,17H,6-9,11-12,19H2,(H,20,22);2*1H. The number of nitrogens with zero attached hydrogens (tertiary/aromatic N) is 1. The van der Waals surface area contributed by atoms with E-state index in [2.05, 4.69) is 22.3 Å². The van der Waals surface area contributed by atoms with Gasteiger partial charge < -0.3 is 20.2 Å². The number of hydrogen-bond acceptors (Lipinski definition) is 5. The predicted molar refractivity (Wildman–Crippen MR) is 105 cm³/mol. The number of carbonyl (C=O) groups excluding carboxylic acids is 1. The summed E-state index contributed by atoms with van der Waals surface area (Å²) < 4.78 is 10.7. The molecule has 0 aliphatic carbocycles. The molecule has 1 unspecified atom stereocenters. The number of carbonyl (C=O) groups is 1. The van der Waals surface area contributed by atoms with Crippen LogP contribution in [-0.4, -0.2) is 43.7 Å². The maximum Gasteiger partial charge on any atom is 0.254 e. The minimum absolute atomic E-state index is 0. The van der Waals surface area contributed by atoms with Gasteiger partial charge in [0.15, 0.2) is 0 Å². The summed E-state index contributed by atoms with van der Waals surface area (Å²) in [5.74, 6) is 0.459. The average molecular weight is 402 g/mol. The van der Waals surface area contributed by atoms with Crippen LogP contribution in [0.3, 0.4) is 0 Å². The van der Waals surface area contributed by atoms with E-state index in [1.165, 1.54) is 11.8 Å². The van der Waals surface area contributed by atoms with Crippen LogP contribution in [0.5, 0.6) is 0 Å². The van der Waals surface area contributed by atoms with Crippen molar-refractivity contribution in [3.63, 3.8) is 0 Å². The Hall–Kier alpha value is -1.57. The van der Waals surface area contributed by atoms with E-state index in [9.17, 15) is 4.79 Å². The Bertz CT molecular complexity index is 661. The van der Waals surface area contributed by atoms with Crippen molar-refractivity contribution in [3.8, 4) is 0 Å². The second-order valence-corrected chi connectivity index (χ2v) is 5.79. The van der Waals surface area contributed by atoms with Gasteiger partial charge in [-0.1, -0.05) is 30.3 Å². The van der Waals surface area contributed by atoms with Crippen LogP contribution in [0, 0.1) is 0 Å². The van der Waals surface area contributed by atoms with Crippen LogP contribution < -0.4 is 11.1 Å². The molecule has 0 saturated carbocycles. The fraction of sp³-hybridized carbons (Fsp3) is 0.389. The van der Waals surface area contributed by atoms with E-state index >= 15 is 0 Å². The second kappa shape index (κ2) is 11.2. The van der Waals surface area contributed by atoms with Crippen molar-refractivity contribution in [2.75, 3.05) is 32.8 Å². The van der Waals surface area contributed by atoms with Crippen LogP contribution >= 0.6 is 24.8 Å². The smallest absolute Gasteiger partial charge is 0.254 e.